The molecule has 3 heterocycles. The molecule has 0 saturated heterocycles. The van der Waals surface area contributed by atoms with Crippen molar-refractivity contribution in [2.75, 3.05) is 11.9 Å². The van der Waals surface area contributed by atoms with E-state index < -0.39 is 0 Å². The zero-order chi connectivity index (χ0) is 19.5. The second kappa shape index (κ2) is 6.04. The standard InChI is InChI=1S/C21H22N4O3/c1-21(2)9-12-7-17(15(8-18(12)28-21)14-6-13(14)11-26)24-20(27)16-10-23-25-5-3-4-22-19(16)25/h3-5,7-8,10,13-14,26H,6,9,11H2,1-2H3,(H,24,27)/t13-,14+/m0/s1. The Kier molecular flexibility index (Phi) is 3.71. The maximum Gasteiger partial charge on any atom is 0.261 e. The highest BCUT2D eigenvalue weighted by Gasteiger charge is 2.41. The van der Waals surface area contributed by atoms with E-state index in [-0.39, 0.29) is 30.0 Å². The first-order valence-corrected chi connectivity index (χ1v) is 9.51. The van der Waals surface area contributed by atoms with Gasteiger partial charge in [0.2, 0.25) is 0 Å². The van der Waals surface area contributed by atoms with Crippen molar-refractivity contribution in [1.29, 1.82) is 0 Å². The summed E-state index contributed by atoms with van der Waals surface area (Å²) in [6.45, 7) is 4.27. The average molecular weight is 378 g/mol. The zero-order valence-electron chi connectivity index (χ0n) is 15.8. The molecule has 1 fully saturated rings. The predicted octanol–water partition coefficient (Wildman–Crippen LogP) is 2.79. The summed E-state index contributed by atoms with van der Waals surface area (Å²) >= 11 is 0. The van der Waals surface area contributed by atoms with Gasteiger partial charge in [0.1, 0.15) is 16.9 Å². The van der Waals surface area contributed by atoms with Gasteiger partial charge in [-0.3, -0.25) is 4.79 Å². The van der Waals surface area contributed by atoms with Gasteiger partial charge in [-0.05, 0) is 55.9 Å². The number of rotatable bonds is 4. The van der Waals surface area contributed by atoms with Crippen LogP contribution in [0.15, 0.2) is 36.8 Å². The fraction of sp³-hybridized carbons (Fsp3) is 0.381. The van der Waals surface area contributed by atoms with Crippen molar-refractivity contribution in [2.45, 2.75) is 38.2 Å². The molecule has 2 N–H and O–H groups in total. The summed E-state index contributed by atoms with van der Waals surface area (Å²) in [5, 5.41) is 16.8. The highest BCUT2D eigenvalue weighted by Crippen LogP contribution is 2.52. The van der Waals surface area contributed by atoms with E-state index in [0.29, 0.717) is 11.2 Å². The number of anilines is 1. The van der Waals surface area contributed by atoms with E-state index >= 15 is 0 Å². The molecule has 7 heteroatoms. The molecule has 0 spiro atoms. The van der Waals surface area contributed by atoms with Crippen LogP contribution < -0.4 is 10.1 Å². The lowest BCUT2D eigenvalue weighted by Gasteiger charge is -2.17. The Labute approximate surface area is 162 Å². The number of fused-ring (bicyclic) bond motifs is 2. The first-order valence-electron chi connectivity index (χ1n) is 9.51. The molecule has 0 unspecified atom stereocenters. The Morgan fingerprint density at radius 2 is 2.29 bits per heavy atom. The lowest BCUT2D eigenvalue weighted by molar-refractivity contribution is 0.102. The third-order valence-corrected chi connectivity index (χ3v) is 5.56. The predicted molar refractivity (Wildman–Crippen MR) is 104 cm³/mol. The summed E-state index contributed by atoms with van der Waals surface area (Å²) in [6.07, 6.45) is 6.64. The molecule has 1 amide bonds. The zero-order valence-corrected chi connectivity index (χ0v) is 15.8. The number of carbonyl (C=O) groups is 1. The molecule has 2 aliphatic rings. The van der Waals surface area contributed by atoms with Crippen molar-refractivity contribution in [2.24, 2.45) is 5.92 Å². The summed E-state index contributed by atoms with van der Waals surface area (Å²) in [7, 11) is 0. The maximum atomic E-state index is 13.0. The maximum absolute atomic E-state index is 13.0. The van der Waals surface area contributed by atoms with Crippen LogP contribution in [-0.4, -0.2) is 37.8 Å². The normalized spacial score (nSPS) is 22.0. The molecule has 5 rings (SSSR count). The topological polar surface area (TPSA) is 88.8 Å². The number of nitrogens with one attached hydrogen (secondary N) is 1. The summed E-state index contributed by atoms with van der Waals surface area (Å²) < 4.78 is 7.65. The molecule has 2 aromatic heterocycles. The van der Waals surface area contributed by atoms with Crippen LogP contribution in [0.3, 0.4) is 0 Å². The molecule has 2 atom stereocenters. The van der Waals surface area contributed by atoms with Crippen LogP contribution in [0, 0.1) is 5.92 Å². The third kappa shape index (κ3) is 2.82. The second-order valence-electron chi connectivity index (χ2n) is 8.27. The number of nitrogens with zero attached hydrogens (tertiary/aromatic N) is 3. The first kappa shape index (κ1) is 17.2. The number of benzene rings is 1. The molecule has 7 nitrogen and oxygen atoms in total. The van der Waals surface area contributed by atoms with E-state index in [1.165, 1.54) is 6.20 Å². The molecule has 1 saturated carbocycles. The molecular formula is C21H22N4O3. The largest absolute Gasteiger partial charge is 0.487 e. The van der Waals surface area contributed by atoms with Crippen LogP contribution in [0.25, 0.3) is 5.65 Å². The van der Waals surface area contributed by atoms with Crippen molar-refractivity contribution in [3.63, 3.8) is 0 Å². The van der Waals surface area contributed by atoms with Gasteiger partial charge in [0.15, 0.2) is 5.65 Å². The average Bonchev–Trinajstić information content (AvgIpc) is 3.20. The molecular weight excluding hydrogens is 356 g/mol. The Hall–Kier alpha value is -2.93. The lowest BCUT2D eigenvalue weighted by atomic mass is 9.98. The minimum Gasteiger partial charge on any atom is -0.487 e. The number of hydrogen-bond donors (Lipinski definition) is 2. The summed E-state index contributed by atoms with van der Waals surface area (Å²) in [4.78, 5) is 17.2. The van der Waals surface area contributed by atoms with E-state index in [9.17, 15) is 9.90 Å². The molecule has 1 aliphatic carbocycles. The number of aliphatic hydroxyl groups is 1. The Morgan fingerprint density at radius 3 is 3.07 bits per heavy atom. The van der Waals surface area contributed by atoms with Gasteiger partial charge in [0.25, 0.3) is 5.91 Å². The summed E-state index contributed by atoms with van der Waals surface area (Å²) in [6, 6.07) is 5.82. The fourth-order valence-corrected chi connectivity index (χ4v) is 4.09. The van der Waals surface area contributed by atoms with E-state index in [1.54, 1.807) is 23.0 Å². The van der Waals surface area contributed by atoms with E-state index in [2.05, 4.69) is 29.2 Å². The fourth-order valence-electron chi connectivity index (χ4n) is 4.09. The van der Waals surface area contributed by atoms with Crippen LogP contribution in [0.1, 0.15) is 47.7 Å². The molecule has 144 valence electrons. The number of aromatic nitrogens is 3. The van der Waals surface area contributed by atoms with Crippen LogP contribution in [0.2, 0.25) is 0 Å². The number of hydrogen-bond acceptors (Lipinski definition) is 5. The molecule has 0 bridgehead atoms. The van der Waals surface area contributed by atoms with Gasteiger partial charge in [-0.25, -0.2) is 9.50 Å². The van der Waals surface area contributed by atoms with Gasteiger partial charge in [0, 0.05) is 36.7 Å². The Bertz CT molecular complexity index is 1090. The van der Waals surface area contributed by atoms with Crippen molar-refractivity contribution in [3.05, 3.63) is 53.5 Å². The van der Waals surface area contributed by atoms with Gasteiger partial charge < -0.3 is 15.2 Å². The van der Waals surface area contributed by atoms with Gasteiger partial charge in [0.05, 0.1) is 6.20 Å². The Morgan fingerprint density at radius 1 is 1.43 bits per heavy atom. The number of carbonyl (C=O) groups excluding carboxylic acids is 1. The first-order chi connectivity index (χ1) is 13.4. The van der Waals surface area contributed by atoms with Crippen molar-refractivity contribution < 1.29 is 14.6 Å². The van der Waals surface area contributed by atoms with E-state index in [4.69, 9.17) is 4.74 Å². The van der Waals surface area contributed by atoms with Gasteiger partial charge in [-0.2, -0.15) is 5.10 Å². The number of amides is 1. The van der Waals surface area contributed by atoms with Gasteiger partial charge >= 0.3 is 0 Å². The van der Waals surface area contributed by atoms with Crippen molar-refractivity contribution >= 4 is 17.2 Å². The number of ether oxygens (including phenoxy) is 1. The summed E-state index contributed by atoms with van der Waals surface area (Å²) in [5.41, 5.74) is 3.58. The summed E-state index contributed by atoms with van der Waals surface area (Å²) in [5.74, 6) is 1.11. The third-order valence-electron chi connectivity index (χ3n) is 5.56. The van der Waals surface area contributed by atoms with Crippen LogP contribution in [0.4, 0.5) is 5.69 Å². The second-order valence-corrected chi connectivity index (χ2v) is 8.27. The van der Waals surface area contributed by atoms with Crippen LogP contribution in [-0.2, 0) is 6.42 Å². The quantitative estimate of drug-likeness (QED) is 0.729. The molecule has 28 heavy (non-hydrogen) atoms. The molecule has 1 aliphatic heterocycles. The molecule has 1 aromatic carbocycles. The van der Waals surface area contributed by atoms with Gasteiger partial charge in [-0.15, -0.1) is 0 Å². The highest BCUT2D eigenvalue weighted by molar-refractivity contribution is 6.08. The van der Waals surface area contributed by atoms with E-state index in [0.717, 1.165) is 35.4 Å². The minimum atomic E-state index is -0.255. The van der Waals surface area contributed by atoms with E-state index in [1.807, 2.05) is 12.1 Å². The van der Waals surface area contributed by atoms with Crippen LogP contribution in [0.5, 0.6) is 5.75 Å². The molecule has 0 radical (unpaired) electrons. The smallest absolute Gasteiger partial charge is 0.261 e. The van der Waals surface area contributed by atoms with Crippen molar-refractivity contribution in [3.8, 4) is 5.75 Å². The van der Waals surface area contributed by atoms with Gasteiger partial charge in [-0.1, -0.05) is 0 Å². The molecule has 3 aromatic rings. The Balaban J connectivity index is 1.51. The highest BCUT2D eigenvalue weighted by atomic mass is 16.5. The SMILES string of the molecule is CC1(C)Cc2cc(NC(=O)c3cnn4cccnc34)c([C@@H]3C[C@H]3CO)cc2O1. The number of aliphatic hydroxyl groups excluding tert-OH is 1. The van der Waals surface area contributed by atoms with Crippen molar-refractivity contribution in [1.82, 2.24) is 14.6 Å². The minimum absolute atomic E-state index is 0.152. The van der Waals surface area contributed by atoms with Crippen LogP contribution >= 0.6 is 0 Å². The monoisotopic (exact) mass is 378 g/mol. The lowest BCUT2D eigenvalue weighted by Crippen LogP contribution is -2.24.